The van der Waals surface area contributed by atoms with Crippen molar-refractivity contribution in [1.29, 1.82) is 0 Å². The predicted octanol–water partition coefficient (Wildman–Crippen LogP) is 7.06. The molecular weight excluding hydrogens is 425 g/mol. The van der Waals surface area contributed by atoms with Crippen molar-refractivity contribution in [2.75, 3.05) is 6.61 Å². The fourth-order valence-electron chi connectivity index (χ4n) is 2.47. The first-order valence-electron chi connectivity index (χ1n) is 11.3. The van der Waals surface area contributed by atoms with E-state index in [2.05, 4.69) is 6.58 Å². The molecule has 0 amide bonds. The first-order valence-corrected chi connectivity index (χ1v) is 12.9. The molecule has 1 unspecified atom stereocenters. The van der Waals surface area contributed by atoms with Gasteiger partial charge in [-0.05, 0) is 62.5 Å². The summed E-state index contributed by atoms with van der Waals surface area (Å²) in [7, 11) is -4.31. The Morgan fingerprint density at radius 1 is 1.22 bits per heavy atom. The van der Waals surface area contributed by atoms with E-state index in [1.54, 1.807) is 13.0 Å². The van der Waals surface area contributed by atoms with Crippen LogP contribution in [0.15, 0.2) is 70.8 Å². The average Bonchev–Trinajstić information content (AvgIpc) is 2.90. The van der Waals surface area contributed by atoms with Crippen molar-refractivity contribution >= 4 is 7.60 Å². The van der Waals surface area contributed by atoms with Gasteiger partial charge in [0.25, 0.3) is 0 Å². The molecule has 0 saturated heterocycles. The molecule has 0 bridgehead atoms. The normalized spacial score (nSPS) is 15.2. The van der Waals surface area contributed by atoms with Crippen molar-refractivity contribution in [2.24, 2.45) is 5.73 Å². The molecule has 0 aromatic heterocycles. The van der Waals surface area contributed by atoms with Gasteiger partial charge in [0.05, 0.1) is 0 Å². The molecule has 0 heterocycles. The van der Waals surface area contributed by atoms with Crippen LogP contribution in [0, 0.1) is 0 Å². The molecule has 0 aliphatic heterocycles. The fraction of sp³-hybridized carbons (Fsp3) is 0.520. The van der Waals surface area contributed by atoms with Crippen molar-refractivity contribution < 1.29 is 24.2 Å². The number of hydrogen-bond acceptors (Lipinski definition) is 4. The molecule has 32 heavy (non-hydrogen) atoms. The second-order valence-electron chi connectivity index (χ2n) is 6.25. The molecule has 7 heteroatoms. The average molecular weight is 472 g/mol. The van der Waals surface area contributed by atoms with E-state index in [1.165, 1.54) is 12.2 Å². The SMILES string of the molecule is C=C/C=C(O)\C(C)=C/COC1=C(C)C=C(CC(N)P(=O)(O)O)CC=C1C.CC.CC.CC. The second kappa shape index (κ2) is 19.8. The second-order valence-corrected chi connectivity index (χ2v) is 8.09. The highest BCUT2D eigenvalue weighted by Crippen LogP contribution is 2.41. The lowest BCUT2D eigenvalue weighted by molar-refractivity contribution is 0.252. The lowest BCUT2D eigenvalue weighted by Gasteiger charge is -2.14. The van der Waals surface area contributed by atoms with E-state index in [9.17, 15) is 19.5 Å². The van der Waals surface area contributed by atoms with Crippen molar-refractivity contribution in [3.8, 4) is 0 Å². The number of hydrogen-bond donors (Lipinski definition) is 4. The summed E-state index contributed by atoms with van der Waals surface area (Å²) in [6, 6.07) is 0. The Hall–Kier alpha value is -1.85. The Bertz CT molecular complexity index is 739. The Balaban J connectivity index is -0.00000129. The third-order valence-electron chi connectivity index (χ3n) is 4.01. The van der Waals surface area contributed by atoms with Gasteiger partial charge in [-0.1, -0.05) is 71.9 Å². The number of ether oxygens (including phenoxy) is 1. The molecule has 0 spiro atoms. The molecule has 186 valence electrons. The summed E-state index contributed by atoms with van der Waals surface area (Å²) in [6.07, 6.45) is 9.28. The number of allylic oxidation sites excluding steroid dienone is 7. The van der Waals surface area contributed by atoms with Crippen molar-refractivity contribution in [1.82, 2.24) is 0 Å². The van der Waals surface area contributed by atoms with Crippen LogP contribution in [0.2, 0.25) is 0 Å². The molecule has 0 aromatic carbocycles. The number of aliphatic hydroxyl groups is 1. The van der Waals surface area contributed by atoms with E-state index in [-0.39, 0.29) is 18.8 Å². The van der Waals surface area contributed by atoms with Crippen LogP contribution in [0.4, 0.5) is 0 Å². The van der Waals surface area contributed by atoms with Gasteiger partial charge in [0.1, 0.15) is 23.9 Å². The fourth-order valence-corrected chi connectivity index (χ4v) is 2.95. The van der Waals surface area contributed by atoms with Crippen molar-refractivity contribution in [3.63, 3.8) is 0 Å². The van der Waals surface area contributed by atoms with Crippen LogP contribution < -0.4 is 5.73 Å². The van der Waals surface area contributed by atoms with Crippen LogP contribution in [0.1, 0.15) is 75.2 Å². The Kier molecular flexibility index (Phi) is 21.5. The minimum atomic E-state index is -4.31. The smallest absolute Gasteiger partial charge is 0.342 e. The Morgan fingerprint density at radius 2 is 1.75 bits per heavy atom. The third kappa shape index (κ3) is 14.3. The molecule has 6 nitrogen and oxygen atoms in total. The molecule has 1 rings (SSSR count). The van der Waals surface area contributed by atoms with Crippen LogP contribution >= 0.6 is 7.60 Å². The first kappa shape index (κ1) is 34.8. The largest absolute Gasteiger partial charge is 0.508 e. The molecule has 0 fully saturated rings. The topological polar surface area (TPSA) is 113 Å². The van der Waals surface area contributed by atoms with E-state index in [0.717, 1.165) is 16.7 Å². The highest BCUT2D eigenvalue weighted by molar-refractivity contribution is 7.52. The van der Waals surface area contributed by atoms with E-state index >= 15 is 0 Å². The highest BCUT2D eigenvalue weighted by Gasteiger charge is 2.25. The standard InChI is InChI=1S/C19H28NO5P.3C2H6/c1-5-6-17(21)13(2)9-10-25-19-14(3)7-8-16(11-15(19)4)12-18(20)26(22,23)24;3*1-2/h5-7,9,11,18,21H,1,8,10,12,20H2,2-4H3,(H2,22,23,24);3*1-2H3/b13-9-,17-6+;;;. The van der Waals surface area contributed by atoms with Gasteiger partial charge in [-0.15, -0.1) is 0 Å². The molecule has 1 aliphatic rings. The molecule has 1 atom stereocenters. The molecule has 0 radical (unpaired) electrons. The summed E-state index contributed by atoms with van der Waals surface area (Å²) in [6.45, 7) is 21.4. The lowest BCUT2D eigenvalue weighted by Crippen LogP contribution is -2.20. The van der Waals surface area contributed by atoms with Crippen molar-refractivity contribution in [3.05, 3.63) is 70.8 Å². The molecular formula is C25H46NO5P. The number of nitrogens with two attached hydrogens (primary N) is 1. The molecule has 0 saturated carbocycles. The number of aliphatic hydroxyl groups excluding tert-OH is 1. The van der Waals surface area contributed by atoms with Crippen LogP contribution in [0.5, 0.6) is 0 Å². The summed E-state index contributed by atoms with van der Waals surface area (Å²) in [4.78, 5) is 18.4. The maximum Gasteiger partial charge on any atom is 0.342 e. The maximum absolute atomic E-state index is 11.3. The van der Waals surface area contributed by atoms with Crippen LogP contribution in [0.25, 0.3) is 0 Å². The van der Waals surface area contributed by atoms with Crippen LogP contribution in [-0.4, -0.2) is 27.3 Å². The lowest BCUT2D eigenvalue weighted by atomic mass is 10.1. The van der Waals surface area contributed by atoms with Crippen LogP contribution in [0.3, 0.4) is 0 Å². The van der Waals surface area contributed by atoms with E-state index in [0.29, 0.717) is 17.8 Å². The van der Waals surface area contributed by atoms with Gasteiger partial charge < -0.3 is 25.4 Å². The zero-order chi connectivity index (χ0) is 25.9. The summed E-state index contributed by atoms with van der Waals surface area (Å²) >= 11 is 0. The van der Waals surface area contributed by atoms with Gasteiger partial charge in [-0.2, -0.15) is 0 Å². The highest BCUT2D eigenvalue weighted by atomic mass is 31.2. The van der Waals surface area contributed by atoms with Gasteiger partial charge in [-0.3, -0.25) is 4.57 Å². The maximum atomic E-state index is 11.3. The van der Waals surface area contributed by atoms with Gasteiger partial charge in [0.15, 0.2) is 0 Å². The zero-order valence-corrected chi connectivity index (χ0v) is 22.4. The van der Waals surface area contributed by atoms with E-state index in [4.69, 9.17) is 10.5 Å². The summed E-state index contributed by atoms with van der Waals surface area (Å²) in [5.74, 6) is -0.361. The van der Waals surface area contributed by atoms with E-state index in [1.807, 2.05) is 67.5 Å². The zero-order valence-electron chi connectivity index (χ0n) is 21.5. The summed E-state index contributed by atoms with van der Waals surface area (Å²) in [5, 5.41) is 9.75. The summed E-state index contributed by atoms with van der Waals surface area (Å²) < 4.78 is 17.1. The van der Waals surface area contributed by atoms with Gasteiger partial charge >= 0.3 is 7.60 Å². The molecule has 5 N–H and O–H groups in total. The van der Waals surface area contributed by atoms with Crippen LogP contribution in [-0.2, 0) is 9.30 Å². The minimum Gasteiger partial charge on any atom is -0.508 e. The third-order valence-corrected chi connectivity index (χ3v) is 5.05. The minimum absolute atomic E-state index is 0.123. The first-order chi connectivity index (χ1) is 15.1. The predicted molar refractivity (Wildman–Crippen MR) is 138 cm³/mol. The van der Waals surface area contributed by atoms with Crippen molar-refractivity contribution in [2.45, 2.75) is 80.9 Å². The Morgan fingerprint density at radius 3 is 2.22 bits per heavy atom. The summed E-state index contributed by atoms with van der Waals surface area (Å²) in [5.41, 5.74) is 8.93. The Labute approximate surface area is 196 Å². The van der Waals surface area contributed by atoms with Gasteiger partial charge in [-0.25, -0.2) is 0 Å². The monoisotopic (exact) mass is 471 g/mol. The van der Waals surface area contributed by atoms with E-state index < -0.39 is 13.4 Å². The van der Waals surface area contributed by atoms with Gasteiger partial charge in [0, 0.05) is 0 Å². The molecule has 0 aromatic rings. The molecule has 1 aliphatic carbocycles. The van der Waals surface area contributed by atoms with Gasteiger partial charge in [0.2, 0.25) is 0 Å². The quantitative estimate of drug-likeness (QED) is 0.171. The number of rotatable bonds is 8.